The van der Waals surface area contributed by atoms with Gasteiger partial charge in [-0.25, -0.2) is 4.39 Å². The van der Waals surface area contributed by atoms with Crippen molar-refractivity contribution >= 4 is 11.9 Å². The molecule has 0 saturated carbocycles. The largest absolute Gasteiger partial charge is 0.494 e. The summed E-state index contributed by atoms with van der Waals surface area (Å²) in [5.41, 5.74) is 2.36. The summed E-state index contributed by atoms with van der Waals surface area (Å²) in [6, 6.07) is 11.3. The van der Waals surface area contributed by atoms with E-state index in [1.807, 2.05) is 31.2 Å². The molecule has 0 aromatic heterocycles. The van der Waals surface area contributed by atoms with Crippen LogP contribution in [0.2, 0.25) is 0 Å². The maximum absolute atomic E-state index is 13.7. The van der Waals surface area contributed by atoms with Crippen LogP contribution in [0.1, 0.15) is 35.6 Å². The molecule has 0 aliphatic rings. The molecule has 0 bridgehead atoms. The molecule has 0 spiro atoms. The fourth-order valence-electron chi connectivity index (χ4n) is 2.78. The Morgan fingerprint density at radius 3 is 2.58 bits per heavy atom. The lowest BCUT2D eigenvalue weighted by molar-refractivity contribution is -0.137. The zero-order valence-electron chi connectivity index (χ0n) is 14.8. The van der Waals surface area contributed by atoms with E-state index in [-0.39, 0.29) is 24.5 Å². The monoisotopic (exact) mass is 359 g/mol. The molecule has 2 rings (SSSR count). The third kappa shape index (κ3) is 5.31. The summed E-state index contributed by atoms with van der Waals surface area (Å²) in [6.45, 7) is 1.87. The van der Waals surface area contributed by atoms with Gasteiger partial charge < -0.3 is 15.2 Å². The predicted octanol–water partition coefficient (Wildman–Crippen LogP) is 3.41. The topological polar surface area (TPSA) is 75.6 Å². The van der Waals surface area contributed by atoms with Gasteiger partial charge in [0.15, 0.2) is 11.6 Å². The summed E-state index contributed by atoms with van der Waals surface area (Å²) < 4.78 is 18.6. The van der Waals surface area contributed by atoms with Gasteiger partial charge in [0.25, 0.3) is 0 Å². The van der Waals surface area contributed by atoms with Crippen LogP contribution in [0.25, 0.3) is 0 Å². The lowest BCUT2D eigenvalue weighted by atomic mass is 9.98. The first-order valence-corrected chi connectivity index (χ1v) is 8.29. The van der Waals surface area contributed by atoms with E-state index in [2.05, 4.69) is 5.32 Å². The summed E-state index contributed by atoms with van der Waals surface area (Å²) in [7, 11) is 1.39. The summed E-state index contributed by atoms with van der Waals surface area (Å²) in [6.07, 6.45) is 0.280. The molecule has 138 valence electrons. The second-order valence-electron chi connectivity index (χ2n) is 6.04. The maximum Gasteiger partial charge on any atom is 0.305 e. The number of benzene rings is 2. The van der Waals surface area contributed by atoms with Crippen molar-refractivity contribution in [1.29, 1.82) is 0 Å². The minimum Gasteiger partial charge on any atom is -0.494 e. The summed E-state index contributed by atoms with van der Waals surface area (Å²) in [5.74, 6) is -1.60. The van der Waals surface area contributed by atoms with Crippen LogP contribution in [0.5, 0.6) is 5.75 Å². The maximum atomic E-state index is 13.7. The Morgan fingerprint density at radius 1 is 1.23 bits per heavy atom. The first-order chi connectivity index (χ1) is 12.4. The minimum atomic E-state index is -0.990. The van der Waals surface area contributed by atoms with Crippen LogP contribution in [-0.4, -0.2) is 24.1 Å². The molecule has 0 radical (unpaired) electrons. The van der Waals surface area contributed by atoms with Crippen molar-refractivity contribution in [1.82, 2.24) is 5.32 Å². The van der Waals surface area contributed by atoms with Gasteiger partial charge >= 0.3 is 5.97 Å². The van der Waals surface area contributed by atoms with Gasteiger partial charge in [-0.2, -0.15) is 0 Å². The van der Waals surface area contributed by atoms with Crippen molar-refractivity contribution in [2.75, 3.05) is 7.11 Å². The molecule has 2 aromatic rings. The molecule has 2 N–H and O–H groups in total. The van der Waals surface area contributed by atoms with Gasteiger partial charge in [0.2, 0.25) is 5.91 Å². The van der Waals surface area contributed by atoms with E-state index in [1.54, 1.807) is 6.07 Å². The molecule has 1 atom stereocenters. The van der Waals surface area contributed by atoms with E-state index in [0.29, 0.717) is 12.0 Å². The number of aliphatic carboxylic acids is 1. The number of methoxy groups -OCH3 is 1. The highest BCUT2D eigenvalue weighted by atomic mass is 19.1. The fourth-order valence-corrected chi connectivity index (χ4v) is 2.78. The second-order valence-corrected chi connectivity index (χ2v) is 6.04. The Kier molecular flexibility index (Phi) is 6.72. The summed E-state index contributed by atoms with van der Waals surface area (Å²) in [5, 5.41) is 11.9. The van der Waals surface area contributed by atoms with Gasteiger partial charge in [0, 0.05) is 6.42 Å². The van der Waals surface area contributed by atoms with Gasteiger partial charge in [-0.1, -0.05) is 30.3 Å². The normalized spacial score (nSPS) is 11.7. The zero-order chi connectivity index (χ0) is 19.1. The third-order valence-corrected chi connectivity index (χ3v) is 4.13. The lowest BCUT2D eigenvalue weighted by Gasteiger charge is -2.19. The Balaban J connectivity index is 2.02. The van der Waals surface area contributed by atoms with Crippen LogP contribution < -0.4 is 10.1 Å². The molecule has 0 saturated heterocycles. The van der Waals surface area contributed by atoms with Crippen molar-refractivity contribution in [3.8, 4) is 5.75 Å². The quantitative estimate of drug-likeness (QED) is 0.757. The van der Waals surface area contributed by atoms with Crippen molar-refractivity contribution in [2.24, 2.45) is 0 Å². The van der Waals surface area contributed by atoms with E-state index >= 15 is 0 Å². The number of carbonyl (C=O) groups is 2. The zero-order valence-corrected chi connectivity index (χ0v) is 14.8. The Morgan fingerprint density at radius 2 is 1.96 bits per heavy atom. The highest BCUT2D eigenvalue weighted by Crippen LogP contribution is 2.22. The van der Waals surface area contributed by atoms with Gasteiger partial charge in [0.1, 0.15) is 0 Å². The standard InChI is InChI=1S/C20H22FNO4/c1-13-5-3-4-6-15(13)17(12-20(24)25)22-19(23)10-8-14-7-9-18(26-2)16(21)11-14/h3-7,9,11,17H,8,10,12H2,1-2H3,(H,22,23)(H,24,25). The van der Waals surface area contributed by atoms with E-state index < -0.39 is 17.8 Å². The van der Waals surface area contributed by atoms with Crippen LogP contribution in [0, 0.1) is 12.7 Å². The number of ether oxygens (including phenoxy) is 1. The first-order valence-electron chi connectivity index (χ1n) is 8.29. The Bertz CT molecular complexity index is 791. The molecule has 1 unspecified atom stereocenters. The number of aryl methyl sites for hydroxylation is 2. The number of amides is 1. The van der Waals surface area contributed by atoms with Crippen LogP contribution in [0.15, 0.2) is 42.5 Å². The lowest BCUT2D eigenvalue weighted by Crippen LogP contribution is -2.30. The van der Waals surface area contributed by atoms with Crippen molar-refractivity contribution in [3.63, 3.8) is 0 Å². The van der Waals surface area contributed by atoms with Crippen molar-refractivity contribution < 1.29 is 23.8 Å². The van der Waals surface area contributed by atoms with Crippen LogP contribution in [0.3, 0.4) is 0 Å². The van der Waals surface area contributed by atoms with E-state index in [9.17, 15) is 14.0 Å². The van der Waals surface area contributed by atoms with Crippen molar-refractivity contribution in [3.05, 3.63) is 65.0 Å². The van der Waals surface area contributed by atoms with Crippen LogP contribution >= 0.6 is 0 Å². The van der Waals surface area contributed by atoms with E-state index in [4.69, 9.17) is 9.84 Å². The minimum absolute atomic E-state index is 0.133. The SMILES string of the molecule is COc1ccc(CCC(=O)NC(CC(=O)O)c2ccccc2C)cc1F. The number of nitrogens with one attached hydrogen (secondary N) is 1. The van der Waals surface area contributed by atoms with Gasteiger partial charge in [0.05, 0.1) is 19.6 Å². The molecule has 2 aromatic carbocycles. The molecular formula is C20H22FNO4. The Labute approximate surface area is 151 Å². The molecule has 0 aliphatic heterocycles. The molecule has 0 heterocycles. The molecular weight excluding hydrogens is 337 g/mol. The van der Waals surface area contributed by atoms with Gasteiger partial charge in [-0.15, -0.1) is 0 Å². The average molecular weight is 359 g/mol. The molecule has 0 aliphatic carbocycles. The summed E-state index contributed by atoms with van der Waals surface area (Å²) in [4.78, 5) is 23.4. The molecule has 6 heteroatoms. The fraction of sp³-hybridized carbons (Fsp3) is 0.300. The smallest absolute Gasteiger partial charge is 0.305 e. The van der Waals surface area contributed by atoms with Gasteiger partial charge in [-0.3, -0.25) is 9.59 Å². The number of hydrogen-bond donors (Lipinski definition) is 2. The molecule has 0 fully saturated rings. The highest BCUT2D eigenvalue weighted by molar-refractivity contribution is 5.78. The first kappa shape index (κ1) is 19.4. The predicted molar refractivity (Wildman–Crippen MR) is 95.6 cm³/mol. The van der Waals surface area contributed by atoms with E-state index in [0.717, 1.165) is 11.1 Å². The van der Waals surface area contributed by atoms with Gasteiger partial charge in [-0.05, 0) is 42.2 Å². The van der Waals surface area contributed by atoms with Crippen LogP contribution in [0.4, 0.5) is 4.39 Å². The average Bonchev–Trinajstić information content (AvgIpc) is 2.59. The molecule has 1 amide bonds. The number of halogens is 1. The number of hydrogen-bond acceptors (Lipinski definition) is 3. The second kappa shape index (κ2) is 8.99. The summed E-state index contributed by atoms with van der Waals surface area (Å²) >= 11 is 0. The third-order valence-electron chi connectivity index (χ3n) is 4.13. The van der Waals surface area contributed by atoms with Crippen molar-refractivity contribution in [2.45, 2.75) is 32.2 Å². The number of carboxylic acids is 1. The Hall–Kier alpha value is -2.89. The number of carboxylic acid groups (broad SMARTS) is 1. The van der Waals surface area contributed by atoms with Crippen LogP contribution in [-0.2, 0) is 16.0 Å². The van der Waals surface area contributed by atoms with E-state index in [1.165, 1.54) is 19.2 Å². The highest BCUT2D eigenvalue weighted by Gasteiger charge is 2.19. The molecule has 5 nitrogen and oxygen atoms in total. The number of carbonyl (C=O) groups excluding carboxylic acids is 1. The number of rotatable bonds is 8. The molecule has 26 heavy (non-hydrogen) atoms.